The van der Waals surface area contributed by atoms with E-state index < -0.39 is 12.2 Å². The molecule has 0 bridgehead atoms. The molecule has 0 aliphatic rings. The molecule has 0 heterocycles. The van der Waals surface area contributed by atoms with Crippen LogP contribution in [0.5, 0.6) is 11.5 Å². The zero-order chi connectivity index (χ0) is 17.2. The molecule has 0 amide bonds. The highest BCUT2D eigenvalue weighted by Gasteiger charge is 2.08. The Balaban J connectivity index is 0.000000238. The first-order chi connectivity index (χ1) is 11.0. The fraction of sp³-hybridized carbons (Fsp3) is 0.294. The molecule has 6 nitrogen and oxygen atoms in total. The Morgan fingerprint density at radius 2 is 1.48 bits per heavy atom. The van der Waals surface area contributed by atoms with Crippen molar-refractivity contribution in [2.75, 3.05) is 20.2 Å². The number of nitrogens with two attached hydrogens (primary N) is 2. The van der Waals surface area contributed by atoms with Crippen molar-refractivity contribution in [3.63, 3.8) is 0 Å². The molecule has 23 heavy (non-hydrogen) atoms. The number of hydrogen-bond acceptors (Lipinski definition) is 6. The van der Waals surface area contributed by atoms with Gasteiger partial charge in [-0.1, -0.05) is 36.4 Å². The van der Waals surface area contributed by atoms with Crippen molar-refractivity contribution >= 4 is 0 Å². The molecule has 2 unspecified atom stereocenters. The van der Waals surface area contributed by atoms with Crippen LogP contribution in [0.3, 0.4) is 0 Å². The molecule has 0 aliphatic heterocycles. The van der Waals surface area contributed by atoms with Gasteiger partial charge in [0.1, 0.15) is 0 Å². The van der Waals surface area contributed by atoms with Crippen molar-refractivity contribution in [2.45, 2.75) is 12.2 Å². The zero-order valence-corrected chi connectivity index (χ0v) is 13.1. The molecule has 0 aromatic heterocycles. The van der Waals surface area contributed by atoms with Crippen LogP contribution in [0.15, 0.2) is 48.5 Å². The van der Waals surface area contributed by atoms with Gasteiger partial charge in [-0.2, -0.15) is 0 Å². The van der Waals surface area contributed by atoms with Crippen LogP contribution in [-0.4, -0.2) is 35.5 Å². The molecule has 126 valence electrons. The van der Waals surface area contributed by atoms with Gasteiger partial charge in [0.25, 0.3) is 0 Å². The number of methoxy groups -OCH3 is 1. The maximum atomic E-state index is 9.38. The van der Waals surface area contributed by atoms with Gasteiger partial charge in [-0.3, -0.25) is 0 Å². The van der Waals surface area contributed by atoms with Crippen LogP contribution < -0.4 is 16.2 Å². The number of ether oxygens (including phenoxy) is 1. The summed E-state index contributed by atoms with van der Waals surface area (Å²) in [5.41, 5.74) is 12.1. The fourth-order valence-electron chi connectivity index (χ4n) is 1.85. The van der Waals surface area contributed by atoms with E-state index in [1.807, 2.05) is 30.3 Å². The lowest BCUT2D eigenvalue weighted by Crippen LogP contribution is -2.11. The molecule has 2 aromatic rings. The van der Waals surface area contributed by atoms with Gasteiger partial charge in [0.2, 0.25) is 0 Å². The van der Waals surface area contributed by atoms with Crippen LogP contribution in [0.2, 0.25) is 0 Å². The van der Waals surface area contributed by atoms with Gasteiger partial charge in [-0.25, -0.2) is 0 Å². The molecule has 6 heteroatoms. The predicted octanol–water partition coefficient (Wildman–Crippen LogP) is 1.07. The third-order valence-corrected chi connectivity index (χ3v) is 3.22. The predicted molar refractivity (Wildman–Crippen MR) is 89.1 cm³/mol. The lowest BCUT2D eigenvalue weighted by atomic mass is 10.1. The monoisotopic (exact) mass is 320 g/mol. The SMILES string of the molecule is COc1cc(C(O)CN)ccc1O.NCC(O)c1ccccc1. The van der Waals surface area contributed by atoms with E-state index in [1.54, 1.807) is 12.1 Å². The lowest BCUT2D eigenvalue weighted by Gasteiger charge is -2.10. The number of aromatic hydroxyl groups is 1. The van der Waals surface area contributed by atoms with E-state index >= 15 is 0 Å². The molecule has 0 radical (unpaired) electrons. The molecular weight excluding hydrogens is 296 g/mol. The minimum atomic E-state index is -0.713. The smallest absolute Gasteiger partial charge is 0.160 e. The Hall–Kier alpha value is -2.12. The largest absolute Gasteiger partial charge is 0.504 e. The zero-order valence-electron chi connectivity index (χ0n) is 13.1. The first kappa shape index (κ1) is 18.9. The number of hydrogen-bond donors (Lipinski definition) is 5. The van der Waals surface area contributed by atoms with Crippen molar-refractivity contribution in [2.24, 2.45) is 11.5 Å². The summed E-state index contributed by atoms with van der Waals surface area (Å²) in [5.74, 6) is 0.389. The van der Waals surface area contributed by atoms with Gasteiger partial charge in [0.15, 0.2) is 11.5 Å². The second-order valence-corrected chi connectivity index (χ2v) is 4.84. The summed E-state index contributed by atoms with van der Waals surface area (Å²) in [6.45, 7) is 0.429. The second kappa shape index (κ2) is 9.81. The van der Waals surface area contributed by atoms with Crippen molar-refractivity contribution < 1.29 is 20.1 Å². The van der Waals surface area contributed by atoms with Gasteiger partial charge in [-0.15, -0.1) is 0 Å². The average molecular weight is 320 g/mol. The number of rotatable bonds is 5. The maximum absolute atomic E-state index is 9.38. The number of aliphatic hydroxyl groups excluding tert-OH is 2. The van der Waals surface area contributed by atoms with Crippen molar-refractivity contribution in [3.05, 3.63) is 59.7 Å². The molecule has 2 rings (SSSR count). The third-order valence-electron chi connectivity index (χ3n) is 3.22. The lowest BCUT2D eigenvalue weighted by molar-refractivity contribution is 0.186. The molecule has 0 saturated heterocycles. The minimum absolute atomic E-state index is 0.0514. The summed E-state index contributed by atoms with van der Waals surface area (Å²) >= 11 is 0. The Morgan fingerprint density at radius 3 is 2.00 bits per heavy atom. The molecule has 2 atom stereocenters. The van der Waals surface area contributed by atoms with Crippen molar-refractivity contribution in [1.29, 1.82) is 0 Å². The topological polar surface area (TPSA) is 122 Å². The van der Waals surface area contributed by atoms with Crippen LogP contribution in [0, 0.1) is 0 Å². The fourth-order valence-corrected chi connectivity index (χ4v) is 1.85. The number of benzene rings is 2. The molecule has 0 saturated carbocycles. The maximum Gasteiger partial charge on any atom is 0.160 e. The van der Waals surface area contributed by atoms with Crippen LogP contribution in [0.4, 0.5) is 0 Å². The molecule has 2 aromatic carbocycles. The van der Waals surface area contributed by atoms with Crippen LogP contribution >= 0.6 is 0 Å². The molecule has 7 N–H and O–H groups in total. The van der Waals surface area contributed by atoms with E-state index in [0.29, 0.717) is 11.3 Å². The van der Waals surface area contributed by atoms with E-state index in [2.05, 4.69) is 0 Å². The second-order valence-electron chi connectivity index (χ2n) is 4.84. The summed E-state index contributed by atoms with van der Waals surface area (Å²) < 4.78 is 4.88. The van der Waals surface area contributed by atoms with E-state index in [1.165, 1.54) is 13.2 Å². The normalized spacial score (nSPS) is 12.7. The Morgan fingerprint density at radius 1 is 0.913 bits per heavy atom. The van der Waals surface area contributed by atoms with Gasteiger partial charge in [0, 0.05) is 13.1 Å². The highest BCUT2D eigenvalue weighted by molar-refractivity contribution is 5.42. The number of phenols is 1. The summed E-state index contributed by atoms with van der Waals surface area (Å²) in [4.78, 5) is 0. The molecule has 0 aliphatic carbocycles. The summed E-state index contributed by atoms with van der Waals surface area (Å²) in [5, 5.41) is 27.8. The van der Waals surface area contributed by atoms with E-state index in [0.717, 1.165) is 5.56 Å². The average Bonchev–Trinajstić information content (AvgIpc) is 2.62. The van der Waals surface area contributed by atoms with Gasteiger partial charge in [0.05, 0.1) is 19.3 Å². The van der Waals surface area contributed by atoms with E-state index in [-0.39, 0.29) is 18.8 Å². The van der Waals surface area contributed by atoms with E-state index in [4.69, 9.17) is 16.2 Å². The van der Waals surface area contributed by atoms with E-state index in [9.17, 15) is 15.3 Å². The van der Waals surface area contributed by atoms with Gasteiger partial charge < -0.3 is 31.5 Å². The molecule has 0 fully saturated rings. The van der Waals surface area contributed by atoms with Crippen LogP contribution in [0.25, 0.3) is 0 Å². The number of aliphatic hydroxyl groups is 2. The summed E-state index contributed by atoms with van der Waals surface area (Å²) in [6.07, 6.45) is -1.23. The highest BCUT2D eigenvalue weighted by Crippen LogP contribution is 2.28. The summed E-state index contributed by atoms with van der Waals surface area (Å²) in [6, 6.07) is 14.0. The van der Waals surface area contributed by atoms with Crippen molar-refractivity contribution in [1.82, 2.24) is 0 Å². The first-order valence-corrected chi connectivity index (χ1v) is 7.21. The van der Waals surface area contributed by atoms with Gasteiger partial charge in [-0.05, 0) is 23.3 Å². The Kier molecular flexibility index (Phi) is 8.07. The minimum Gasteiger partial charge on any atom is -0.504 e. The molecular formula is C17H24N2O4. The molecule has 0 spiro atoms. The number of phenolic OH excluding ortho intramolecular Hbond substituents is 1. The quantitative estimate of drug-likeness (QED) is 0.562. The third kappa shape index (κ3) is 5.88. The Bertz CT molecular complexity index is 578. The summed E-state index contributed by atoms with van der Waals surface area (Å²) in [7, 11) is 1.45. The van der Waals surface area contributed by atoms with Gasteiger partial charge >= 0.3 is 0 Å². The van der Waals surface area contributed by atoms with Crippen molar-refractivity contribution in [3.8, 4) is 11.5 Å². The standard InChI is InChI=1S/C9H13NO3.C8H11NO/c1-13-9-4-6(8(12)5-10)2-3-7(9)11;9-6-8(10)7-4-2-1-3-5-7/h2-4,8,11-12H,5,10H2,1H3;1-5,8,10H,6,9H2. The Labute approximate surface area is 135 Å². The van der Waals surface area contributed by atoms with Crippen LogP contribution in [0.1, 0.15) is 23.3 Å². The van der Waals surface area contributed by atoms with Crippen LogP contribution in [-0.2, 0) is 0 Å². The first-order valence-electron chi connectivity index (χ1n) is 7.21. The highest BCUT2D eigenvalue weighted by atomic mass is 16.5.